The molecule has 9 nitrogen and oxygen atoms in total. The van der Waals surface area contributed by atoms with Crippen LogP contribution in [0.5, 0.6) is 0 Å². The fourth-order valence-corrected chi connectivity index (χ4v) is 2.04. The van der Waals surface area contributed by atoms with E-state index in [1.807, 2.05) is 6.92 Å². The van der Waals surface area contributed by atoms with Gasteiger partial charge in [-0.3, -0.25) is 9.63 Å². The van der Waals surface area contributed by atoms with Gasteiger partial charge in [-0.15, -0.1) is 0 Å². The number of nitrogens with zero attached hydrogens (tertiary/aromatic N) is 5. The van der Waals surface area contributed by atoms with E-state index in [4.69, 9.17) is 5.84 Å². The van der Waals surface area contributed by atoms with E-state index in [9.17, 15) is 4.21 Å². The number of hydrogen-bond donors (Lipinski definition) is 3. The van der Waals surface area contributed by atoms with Gasteiger partial charge in [0.05, 0.1) is 0 Å². The number of rotatable bonds is 7. The minimum atomic E-state index is -0.834. The molecule has 0 fully saturated rings. The zero-order valence-electron chi connectivity index (χ0n) is 11.0. The van der Waals surface area contributed by atoms with Gasteiger partial charge in [-0.1, -0.05) is 6.92 Å². The van der Waals surface area contributed by atoms with Crippen LogP contribution in [-0.2, 0) is 10.8 Å². The Bertz CT molecular complexity index is 573. The normalized spacial score (nSPS) is 12.1. The summed E-state index contributed by atoms with van der Waals surface area (Å²) in [5.41, 5.74) is 2.38. The molecule has 0 aromatic carbocycles. The van der Waals surface area contributed by atoms with Crippen molar-refractivity contribution in [3.8, 4) is 5.95 Å². The van der Waals surface area contributed by atoms with E-state index < -0.39 is 10.8 Å². The number of hydrazine groups is 1. The van der Waals surface area contributed by atoms with Crippen molar-refractivity contribution in [2.24, 2.45) is 5.84 Å². The lowest BCUT2D eigenvalue weighted by molar-refractivity contribution is 0.684. The molecular weight excluding hydrogens is 280 g/mol. The first-order chi connectivity index (χ1) is 9.72. The van der Waals surface area contributed by atoms with Crippen molar-refractivity contribution in [1.29, 1.82) is 0 Å². The van der Waals surface area contributed by atoms with Crippen molar-refractivity contribution in [1.82, 2.24) is 24.7 Å². The summed E-state index contributed by atoms with van der Waals surface area (Å²) in [5.74, 6) is 7.42. The number of nitrogens with two attached hydrogens (primary N) is 1. The summed E-state index contributed by atoms with van der Waals surface area (Å²) in [6.07, 6.45) is 3.34. The second-order valence-electron chi connectivity index (χ2n) is 3.74. The molecule has 0 aliphatic heterocycles. The molecule has 0 radical (unpaired) electrons. The zero-order valence-corrected chi connectivity index (χ0v) is 11.8. The van der Waals surface area contributed by atoms with E-state index in [0.717, 1.165) is 0 Å². The molecule has 2 rings (SSSR count). The van der Waals surface area contributed by atoms with Crippen LogP contribution in [0, 0.1) is 0 Å². The summed E-state index contributed by atoms with van der Waals surface area (Å²) in [6.45, 7) is 2.39. The molecule has 1 atom stereocenters. The monoisotopic (exact) mass is 296 g/mol. The highest BCUT2D eigenvalue weighted by Crippen LogP contribution is 2.07. The van der Waals surface area contributed by atoms with Crippen LogP contribution >= 0.6 is 0 Å². The van der Waals surface area contributed by atoms with Crippen molar-refractivity contribution in [2.75, 3.05) is 28.8 Å². The molecule has 0 amide bonds. The first kappa shape index (κ1) is 14.3. The Labute approximate surface area is 118 Å². The Hall–Kier alpha value is -2.07. The molecule has 0 spiro atoms. The Morgan fingerprint density at radius 3 is 2.80 bits per heavy atom. The Kier molecular flexibility index (Phi) is 4.96. The molecular formula is C10H16N8OS. The zero-order chi connectivity index (χ0) is 14.4. The van der Waals surface area contributed by atoms with E-state index in [1.165, 1.54) is 4.68 Å². The van der Waals surface area contributed by atoms with Crippen LogP contribution in [0.2, 0.25) is 0 Å². The molecule has 0 bridgehead atoms. The van der Waals surface area contributed by atoms with Crippen LogP contribution in [0.3, 0.4) is 0 Å². The second-order valence-corrected chi connectivity index (χ2v) is 5.60. The lowest BCUT2D eigenvalue weighted by atomic mass is 10.7. The molecule has 0 aliphatic carbocycles. The Morgan fingerprint density at radius 1 is 1.35 bits per heavy atom. The fraction of sp³-hybridized carbons (Fsp3) is 0.400. The predicted molar refractivity (Wildman–Crippen MR) is 76.8 cm³/mol. The maximum Gasteiger partial charge on any atom is 0.257 e. The minimum Gasteiger partial charge on any atom is -0.353 e. The topological polar surface area (TPSA) is 124 Å². The van der Waals surface area contributed by atoms with Crippen molar-refractivity contribution in [3.05, 3.63) is 18.5 Å². The van der Waals surface area contributed by atoms with Crippen molar-refractivity contribution in [2.45, 2.75) is 6.92 Å². The van der Waals surface area contributed by atoms with Gasteiger partial charge in [0.15, 0.2) is 0 Å². The van der Waals surface area contributed by atoms with Gasteiger partial charge in [0, 0.05) is 41.2 Å². The van der Waals surface area contributed by atoms with Crippen LogP contribution in [0.4, 0.5) is 11.9 Å². The second kappa shape index (κ2) is 6.91. The third-order valence-corrected chi connectivity index (χ3v) is 3.70. The third kappa shape index (κ3) is 3.71. The van der Waals surface area contributed by atoms with Gasteiger partial charge in [-0.25, -0.2) is 10.5 Å². The molecule has 108 valence electrons. The SMILES string of the molecule is CCS(=O)CCNc1nc(NN)nc(-n2cccn2)n1. The van der Waals surface area contributed by atoms with Crippen LogP contribution in [0.1, 0.15) is 6.92 Å². The van der Waals surface area contributed by atoms with E-state index in [-0.39, 0.29) is 5.95 Å². The molecule has 1 unspecified atom stereocenters. The highest BCUT2D eigenvalue weighted by atomic mass is 32.2. The quantitative estimate of drug-likeness (QED) is 0.462. The summed E-state index contributed by atoms with van der Waals surface area (Å²) in [6, 6.07) is 1.76. The van der Waals surface area contributed by atoms with Gasteiger partial charge in [0.2, 0.25) is 11.9 Å². The van der Waals surface area contributed by atoms with Gasteiger partial charge < -0.3 is 5.32 Å². The smallest absolute Gasteiger partial charge is 0.257 e. The summed E-state index contributed by atoms with van der Waals surface area (Å²) < 4.78 is 12.8. The van der Waals surface area contributed by atoms with Crippen molar-refractivity contribution in [3.63, 3.8) is 0 Å². The number of aromatic nitrogens is 5. The molecule has 2 heterocycles. The highest BCUT2D eigenvalue weighted by molar-refractivity contribution is 7.84. The van der Waals surface area contributed by atoms with Gasteiger partial charge in [0.1, 0.15) is 0 Å². The molecule has 0 saturated heterocycles. The molecule has 20 heavy (non-hydrogen) atoms. The van der Waals surface area contributed by atoms with Crippen LogP contribution in [0.15, 0.2) is 18.5 Å². The number of nitrogen functional groups attached to an aromatic ring is 1. The molecule has 2 aromatic heterocycles. The average molecular weight is 296 g/mol. The van der Waals surface area contributed by atoms with Gasteiger partial charge in [-0.2, -0.15) is 20.1 Å². The van der Waals surface area contributed by atoms with E-state index in [0.29, 0.717) is 29.9 Å². The summed E-state index contributed by atoms with van der Waals surface area (Å²) in [5, 5.41) is 7.04. The van der Waals surface area contributed by atoms with E-state index >= 15 is 0 Å². The number of anilines is 2. The summed E-state index contributed by atoms with van der Waals surface area (Å²) in [7, 11) is -0.834. The van der Waals surface area contributed by atoms with Crippen LogP contribution < -0.4 is 16.6 Å². The Balaban J connectivity index is 2.12. The van der Waals surface area contributed by atoms with Crippen LogP contribution in [0.25, 0.3) is 5.95 Å². The van der Waals surface area contributed by atoms with E-state index in [1.54, 1.807) is 18.5 Å². The number of nitrogens with one attached hydrogen (secondary N) is 2. The predicted octanol–water partition coefficient (Wildman–Crippen LogP) is -0.477. The van der Waals surface area contributed by atoms with Gasteiger partial charge in [-0.05, 0) is 6.07 Å². The minimum absolute atomic E-state index is 0.226. The molecule has 10 heteroatoms. The summed E-state index contributed by atoms with van der Waals surface area (Å²) >= 11 is 0. The van der Waals surface area contributed by atoms with E-state index in [2.05, 4.69) is 30.8 Å². The average Bonchev–Trinajstić information content (AvgIpc) is 3.01. The molecule has 4 N–H and O–H groups in total. The largest absolute Gasteiger partial charge is 0.353 e. The standard InChI is InChI=1S/C10H16N8OS/c1-2-20(19)7-5-12-8-14-9(17-11)16-10(15-8)18-6-3-4-13-18/h3-4,6H,2,5,7,11H2,1H3,(H2,12,14,15,16,17). The Morgan fingerprint density at radius 2 is 2.15 bits per heavy atom. The van der Waals surface area contributed by atoms with Gasteiger partial charge >= 0.3 is 0 Å². The maximum atomic E-state index is 11.4. The lowest BCUT2D eigenvalue weighted by Gasteiger charge is -2.08. The number of hydrogen-bond acceptors (Lipinski definition) is 8. The van der Waals surface area contributed by atoms with Crippen LogP contribution in [-0.4, -0.2) is 47.0 Å². The molecule has 0 saturated carbocycles. The summed E-state index contributed by atoms with van der Waals surface area (Å²) in [4.78, 5) is 12.4. The molecule has 0 aliphatic rings. The van der Waals surface area contributed by atoms with Crippen molar-refractivity contribution < 1.29 is 4.21 Å². The highest BCUT2D eigenvalue weighted by Gasteiger charge is 2.07. The molecule has 2 aromatic rings. The fourth-order valence-electron chi connectivity index (χ4n) is 1.42. The lowest BCUT2D eigenvalue weighted by Crippen LogP contribution is -2.18. The third-order valence-electron chi connectivity index (χ3n) is 2.40. The van der Waals surface area contributed by atoms with Crippen molar-refractivity contribution >= 4 is 22.7 Å². The van der Waals surface area contributed by atoms with Gasteiger partial charge in [0.25, 0.3) is 5.95 Å². The maximum absolute atomic E-state index is 11.4. The first-order valence-electron chi connectivity index (χ1n) is 6.04. The first-order valence-corrected chi connectivity index (χ1v) is 7.53.